The largest absolute Gasteiger partial charge is 0.496 e. The number of hydrogen-bond donors (Lipinski definition) is 0. The summed E-state index contributed by atoms with van der Waals surface area (Å²) in [5.41, 5.74) is 1.52. The zero-order valence-corrected chi connectivity index (χ0v) is 15.8. The first-order valence-corrected chi connectivity index (χ1v) is 9.18. The van der Waals surface area contributed by atoms with Crippen LogP contribution in [0.2, 0.25) is 0 Å². The van der Waals surface area contributed by atoms with E-state index in [1.165, 1.54) is 6.26 Å². The molecule has 1 amide bonds. The molecular formula is C20H27N3O3. The minimum absolute atomic E-state index is 0.0293. The summed E-state index contributed by atoms with van der Waals surface area (Å²) in [7, 11) is 1.68. The van der Waals surface area contributed by atoms with Crippen LogP contribution in [-0.2, 0) is 13.1 Å². The van der Waals surface area contributed by atoms with Crippen molar-refractivity contribution in [1.82, 2.24) is 14.8 Å². The normalized spacial score (nSPS) is 14.4. The molecule has 3 rings (SSSR count). The van der Waals surface area contributed by atoms with E-state index in [9.17, 15) is 4.79 Å². The smallest absolute Gasteiger partial charge is 0.275 e. The summed E-state index contributed by atoms with van der Waals surface area (Å²) in [6.07, 6.45) is 3.62. The van der Waals surface area contributed by atoms with E-state index in [1.54, 1.807) is 7.11 Å². The molecular weight excluding hydrogens is 330 g/mol. The maximum absolute atomic E-state index is 12.4. The number of methoxy groups -OCH3 is 1. The Morgan fingerprint density at radius 3 is 2.69 bits per heavy atom. The Kier molecular flexibility index (Phi) is 5.93. The minimum Gasteiger partial charge on any atom is -0.496 e. The molecule has 2 heterocycles. The number of hydrogen-bond acceptors (Lipinski definition) is 5. The second kappa shape index (κ2) is 8.36. The minimum atomic E-state index is -0.0293. The van der Waals surface area contributed by atoms with Gasteiger partial charge in [0.15, 0.2) is 5.69 Å². The molecule has 0 spiro atoms. The van der Waals surface area contributed by atoms with Gasteiger partial charge in [0.05, 0.1) is 13.7 Å². The monoisotopic (exact) mass is 357 g/mol. The lowest BCUT2D eigenvalue weighted by atomic mass is 10.1. The third-order valence-electron chi connectivity index (χ3n) is 4.80. The first-order chi connectivity index (χ1) is 12.6. The van der Waals surface area contributed by atoms with Gasteiger partial charge >= 0.3 is 0 Å². The van der Waals surface area contributed by atoms with Crippen LogP contribution < -0.4 is 4.74 Å². The molecule has 1 fully saturated rings. The summed E-state index contributed by atoms with van der Waals surface area (Å²) in [6, 6.07) is 8.29. The third kappa shape index (κ3) is 4.25. The summed E-state index contributed by atoms with van der Waals surface area (Å²) < 4.78 is 11.0. The molecule has 0 atom stereocenters. The number of carbonyl (C=O) groups excluding carboxylic acids is 1. The lowest BCUT2D eigenvalue weighted by Gasteiger charge is -2.25. The molecule has 1 aromatic heterocycles. The maximum atomic E-state index is 12.4. The van der Waals surface area contributed by atoms with Crippen molar-refractivity contribution < 1.29 is 13.9 Å². The first kappa shape index (κ1) is 18.5. The second-order valence-corrected chi connectivity index (χ2v) is 6.94. The van der Waals surface area contributed by atoms with E-state index in [-0.39, 0.29) is 5.91 Å². The van der Waals surface area contributed by atoms with Crippen molar-refractivity contribution in [3.63, 3.8) is 0 Å². The quantitative estimate of drug-likeness (QED) is 0.761. The number of ether oxygens (including phenoxy) is 1. The van der Waals surface area contributed by atoms with Gasteiger partial charge in [0.1, 0.15) is 12.0 Å². The predicted octanol–water partition coefficient (Wildman–Crippen LogP) is 3.33. The molecule has 0 bridgehead atoms. The molecule has 6 nitrogen and oxygen atoms in total. The fourth-order valence-corrected chi connectivity index (χ4v) is 3.21. The van der Waals surface area contributed by atoms with Gasteiger partial charge in [-0.15, -0.1) is 0 Å². The van der Waals surface area contributed by atoms with Crippen LogP contribution in [0.15, 0.2) is 34.9 Å². The van der Waals surface area contributed by atoms with Gasteiger partial charge in [-0.3, -0.25) is 9.69 Å². The molecule has 1 aliphatic rings. The van der Waals surface area contributed by atoms with E-state index in [1.807, 2.05) is 23.1 Å². The van der Waals surface area contributed by atoms with Gasteiger partial charge in [-0.05, 0) is 32.8 Å². The maximum Gasteiger partial charge on any atom is 0.275 e. The molecule has 0 aliphatic carbocycles. The van der Waals surface area contributed by atoms with Gasteiger partial charge in [-0.25, -0.2) is 4.98 Å². The number of rotatable bonds is 7. The number of para-hydroxylation sites is 1. The summed E-state index contributed by atoms with van der Waals surface area (Å²) in [5, 5.41) is 0. The van der Waals surface area contributed by atoms with Crippen molar-refractivity contribution in [2.45, 2.75) is 45.8 Å². The average Bonchev–Trinajstić information content (AvgIpc) is 3.33. The predicted molar refractivity (Wildman–Crippen MR) is 99.0 cm³/mol. The summed E-state index contributed by atoms with van der Waals surface area (Å²) in [6.45, 7) is 7.16. The Morgan fingerprint density at radius 1 is 1.27 bits per heavy atom. The molecule has 6 heteroatoms. The Morgan fingerprint density at radius 2 is 2.00 bits per heavy atom. The Hall–Kier alpha value is -2.34. The summed E-state index contributed by atoms with van der Waals surface area (Å²) >= 11 is 0. The molecule has 1 saturated heterocycles. The van der Waals surface area contributed by atoms with E-state index in [0.29, 0.717) is 24.2 Å². The van der Waals surface area contributed by atoms with E-state index < -0.39 is 0 Å². The molecule has 1 aliphatic heterocycles. The zero-order valence-electron chi connectivity index (χ0n) is 15.8. The topological polar surface area (TPSA) is 58.8 Å². The number of oxazole rings is 1. The van der Waals surface area contributed by atoms with E-state index in [4.69, 9.17) is 9.15 Å². The summed E-state index contributed by atoms with van der Waals surface area (Å²) in [5.74, 6) is 1.41. The highest BCUT2D eigenvalue weighted by molar-refractivity contribution is 5.92. The molecule has 0 saturated carbocycles. The molecule has 0 unspecified atom stereocenters. The number of amides is 1. The molecule has 2 aromatic rings. The van der Waals surface area contributed by atoms with Crippen molar-refractivity contribution in [1.29, 1.82) is 0 Å². The highest BCUT2D eigenvalue weighted by Gasteiger charge is 2.23. The van der Waals surface area contributed by atoms with Crippen LogP contribution in [0.4, 0.5) is 0 Å². The highest BCUT2D eigenvalue weighted by atomic mass is 16.5. The Bertz CT molecular complexity index is 735. The number of carbonyl (C=O) groups is 1. The van der Waals surface area contributed by atoms with Gasteiger partial charge < -0.3 is 14.1 Å². The van der Waals surface area contributed by atoms with Crippen LogP contribution in [0.1, 0.15) is 48.6 Å². The molecule has 26 heavy (non-hydrogen) atoms. The fraction of sp³-hybridized carbons (Fsp3) is 0.500. The second-order valence-electron chi connectivity index (χ2n) is 6.94. The van der Waals surface area contributed by atoms with Crippen LogP contribution in [0.5, 0.6) is 5.75 Å². The van der Waals surface area contributed by atoms with Crippen molar-refractivity contribution in [2.75, 3.05) is 20.2 Å². The zero-order chi connectivity index (χ0) is 18.5. The van der Waals surface area contributed by atoms with Gasteiger partial charge in [0.2, 0.25) is 5.89 Å². The number of aromatic nitrogens is 1. The highest BCUT2D eigenvalue weighted by Crippen LogP contribution is 2.22. The average molecular weight is 357 g/mol. The number of nitrogens with zero attached hydrogens (tertiary/aromatic N) is 3. The molecule has 140 valence electrons. The van der Waals surface area contributed by atoms with Crippen LogP contribution in [0.25, 0.3) is 0 Å². The van der Waals surface area contributed by atoms with Gasteiger partial charge in [0.25, 0.3) is 5.91 Å². The van der Waals surface area contributed by atoms with Crippen LogP contribution in [0.3, 0.4) is 0 Å². The van der Waals surface area contributed by atoms with Crippen molar-refractivity contribution in [3.8, 4) is 5.75 Å². The van der Waals surface area contributed by atoms with Crippen molar-refractivity contribution >= 4 is 5.91 Å². The van der Waals surface area contributed by atoms with Crippen molar-refractivity contribution in [2.24, 2.45) is 0 Å². The lowest BCUT2D eigenvalue weighted by molar-refractivity contribution is 0.0787. The van der Waals surface area contributed by atoms with Gasteiger partial charge in [-0.1, -0.05) is 18.2 Å². The standard InChI is InChI=1S/C20H27N3O3/c1-15(2)23(12-16-8-4-5-9-18(16)25-3)13-19-21-17(14-26-19)20(24)22-10-6-7-11-22/h4-5,8-9,14-15H,6-7,10-13H2,1-3H3. The van der Waals surface area contributed by atoms with Crippen LogP contribution in [0, 0.1) is 0 Å². The Balaban J connectivity index is 1.69. The third-order valence-corrected chi connectivity index (χ3v) is 4.80. The van der Waals surface area contributed by atoms with E-state index >= 15 is 0 Å². The fourth-order valence-electron chi connectivity index (χ4n) is 3.21. The van der Waals surface area contributed by atoms with Crippen molar-refractivity contribution in [3.05, 3.63) is 47.7 Å². The van der Waals surface area contributed by atoms with E-state index in [0.717, 1.165) is 43.8 Å². The summed E-state index contributed by atoms with van der Waals surface area (Å²) in [4.78, 5) is 20.9. The van der Waals surface area contributed by atoms with Crippen LogP contribution in [-0.4, -0.2) is 46.9 Å². The van der Waals surface area contributed by atoms with Gasteiger partial charge in [-0.2, -0.15) is 0 Å². The van der Waals surface area contributed by atoms with Crippen LogP contribution >= 0.6 is 0 Å². The lowest BCUT2D eigenvalue weighted by Crippen LogP contribution is -2.30. The first-order valence-electron chi connectivity index (χ1n) is 9.18. The van der Waals surface area contributed by atoms with Gasteiger partial charge in [0, 0.05) is 31.2 Å². The van der Waals surface area contributed by atoms with E-state index in [2.05, 4.69) is 29.8 Å². The molecule has 1 aromatic carbocycles. The number of benzene rings is 1. The molecule has 0 radical (unpaired) electrons. The number of likely N-dealkylation sites (tertiary alicyclic amines) is 1. The molecule has 0 N–H and O–H groups in total. The Labute approximate surface area is 154 Å². The SMILES string of the molecule is COc1ccccc1CN(Cc1nc(C(=O)N2CCCC2)co1)C(C)C.